The fraction of sp³-hybridized carbons (Fsp3) is 0.947. The summed E-state index contributed by atoms with van der Waals surface area (Å²) >= 11 is 0. The zero-order chi connectivity index (χ0) is 16.4. The SMILES string of the molecule is CCC(C)(CC(=O)C(C)(CC(C)C)C(C)C)C(C)(C)C. The van der Waals surface area contributed by atoms with Crippen LogP contribution in [0.5, 0.6) is 0 Å². The smallest absolute Gasteiger partial charge is 0.139 e. The van der Waals surface area contributed by atoms with Gasteiger partial charge in [-0.05, 0) is 35.5 Å². The van der Waals surface area contributed by atoms with Gasteiger partial charge in [0.2, 0.25) is 0 Å². The summed E-state index contributed by atoms with van der Waals surface area (Å²) in [5.41, 5.74) is 0.0557. The van der Waals surface area contributed by atoms with Crippen molar-refractivity contribution in [2.45, 2.75) is 88.5 Å². The zero-order valence-electron chi connectivity index (χ0n) is 15.7. The Bertz CT molecular complexity index is 321. The molecule has 0 N–H and O–H groups in total. The minimum absolute atomic E-state index is 0.0806. The van der Waals surface area contributed by atoms with Crippen LogP contribution in [0, 0.1) is 28.1 Å². The van der Waals surface area contributed by atoms with Crippen LogP contribution in [0.15, 0.2) is 0 Å². The maximum absolute atomic E-state index is 13.1. The molecule has 0 aliphatic carbocycles. The van der Waals surface area contributed by atoms with Crippen LogP contribution in [0.1, 0.15) is 88.5 Å². The summed E-state index contributed by atoms with van der Waals surface area (Å²) in [6, 6.07) is 0. The van der Waals surface area contributed by atoms with Crippen molar-refractivity contribution >= 4 is 5.78 Å². The van der Waals surface area contributed by atoms with Crippen molar-refractivity contribution in [2.75, 3.05) is 0 Å². The normalized spacial score (nSPS) is 19.0. The number of ketones is 1. The third-order valence-corrected chi connectivity index (χ3v) is 5.89. The molecule has 0 amide bonds. The Morgan fingerprint density at radius 1 is 0.950 bits per heavy atom. The predicted molar refractivity (Wildman–Crippen MR) is 89.9 cm³/mol. The van der Waals surface area contributed by atoms with Gasteiger partial charge < -0.3 is 0 Å². The van der Waals surface area contributed by atoms with Crippen molar-refractivity contribution in [1.29, 1.82) is 0 Å². The van der Waals surface area contributed by atoms with Gasteiger partial charge in [0.15, 0.2) is 0 Å². The highest BCUT2D eigenvalue weighted by Gasteiger charge is 2.43. The standard InChI is InChI=1S/C19H38O/c1-11-18(9,17(6,7)8)13-16(20)19(10,15(4)5)12-14(2)3/h14-15H,11-13H2,1-10H3. The molecule has 0 bridgehead atoms. The van der Waals surface area contributed by atoms with Crippen LogP contribution in [-0.2, 0) is 4.79 Å². The minimum atomic E-state index is -0.185. The first kappa shape index (κ1) is 19.7. The molecule has 0 aliphatic rings. The largest absolute Gasteiger partial charge is 0.299 e. The molecule has 20 heavy (non-hydrogen) atoms. The maximum atomic E-state index is 13.1. The van der Waals surface area contributed by atoms with Crippen LogP contribution >= 0.6 is 0 Å². The molecule has 0 fully saturated rings. The molecule has 0 heterocycles. The van der Waals surface area contributed by atoms with Crippen LogP contribution < -0.4 is 0 Å². The molecule has 120 valence electrons. The third-order valence-electron chi connectivity index (χ3n) is 5.89. The van der Waals surface area contributed by atoms with Gasteiger partial charge >= 0.3 is 0 Å². The topological polar surface area (TPSA) is 17.1 Å². The first-order valence-electron chi connectivity index (χ1n) is 8.33. The number of hydrogen-bond donors (Lipinski definition) is 0. The van der Waals surface area contributed by atoms with E-state index >= 15 is 0 Å². The monoisotopic (exact) mass is 282 g/mol. The fourth-order valence-electron chi connectivity index (χ4n) is 3.00. The maximum Gasteiger partial charge on any atom is 0.139 e. The van der Waals surface area contributed by atoms with Crippen molar-refractivity contribution in [3.8, 4) is 0 Å². The lowest BCUT2D eigenvalue weighted by atomic mass is 9.59. The molecule has 0 saturated heterocycles. The Morgan fingerprint density at radius 2 is 1.40 bits per heavy atom. The molecule has 2 unspecified atom stereocenters. The van der Waals surface area contributed by atoms with E-state index in [1.54, 1.807) is 0 Å². The van der Waals surface area contributed by atoms with Crippen LogP contribution in [0.25, 0.3) is 0 Å². The second-order valence-electron chi connectivity index (χ2n) is 8.93. The number of carbonyl (C=O) groups excluding carboxylic acids is 1. The number of hydrogen-bond acceptors (Lipinski definition) is 1. The lowest BCUT2D eigenvalue weighted by molar-refractivity contribution is -0.135. The molecule has 0 aromatic carbocycles. The van der Waals surface area contributed by atoms with E-state index in [2.05, 4.69) is 69.2 Å². The number of carbonyl (C=O) groups is 1. The molecule has 0 rings (SSSR count). The second-order valence-corrected chi connectivity index (χ2v) is 8.93. The van der Waals surface area contributed by atoms with Crippen molar-refractivity contribution in [3.63, 3.8) is 0 Å². The van der Waals surface area contributed by atoms with Gasteiger partial charge in [-0.15, -0.1) is 0 Å². The van der Waals surface area contributed by atoms with E-state index in [0.29, 0.717) is 24.0 Å². The summed E-state index contributed by atoms with van der Waals surface area (Å²) in [5.74, 6) is 1.42. The molecule has 1 nitrogen and oxygen atoms in total. The molecular formula is C19H38O. The molecular weight excluding hydrogens is 244 g/mol. The zero-order valence-corrected chi connectivity index (χ0v) is 15.7. The summed E-state index contributed by atoms with van der Waals surface area (Å²) < 4.78 is 0. The van der Waals surface area contributed by atoms with Gasteiger partial charge in [-0.1, -0.05) is 69.2 Å². The van der Waals surface area contributed by atoms with E-state index in [1.165, 1.54) is 0 Å². The van der Waals surface area contributed by atoms with Crippen molar-refractivity contribution in [2.24, 2.45) is 28.1 Å². The summed E-state index contributed by atoms with van der Waals surface area (Å²) in [5, 5.41) is 0. The molecule has 0 saturated carbocycles. The summed E-state index contributed by atoms with van der Waals surface area (Å²) in [7, 11) is 0. The van der Waals surface area contributed by atoms with Crippen LogP contribution in [-0.4, -0.2) is 5.78 Å². The highest BCUT2D eigenvalue weighted by molar-refractivity contribution is 5.85. The van der Waals surface area contributed by atoms with Crippen molar-refractivity contribution < 1.29 is 4.79 Å². The Balaban J connectivity index is 5.31. The Morgan fingerprint density at radius 3 is 1.65 bits per heavy atom. The van der Waals surface area contributed by atoms with E-state index in [4.69, 9.17) is 0 Å². The molecule has 1 heteroatoms. The van der Waals surface area contributed by atoms with Gasteiger partial charge in [-0.2, -0.15) is 0 Å². The van der Waals surface area contributed by atoms with Gasteiger partial charge in [-0.25, -0.2) is 0 Å². The van der Waals surface area contributed by atoms with Gasteiger partial charge in [0, 0.05) is 11.8 Å². The second kappa shape index (κ2) is 6.62. The van der Waals surface area contributed by atoms with Gasteiger partial charge in [0.1, 0.15) is 5.78 Å². The van der Waals surface area contributed by atoms with E-state index in [1.807, 2.05) is 0 Å². The lowest BCUT2D eigenvalue weighted by Gasteiger charge is -2.44. The Hall–Kier alpha value is -0.330. The molecule has 0 spiro atoms. The summed E-state index contributed by atoms with van der Waals surface area (Å²) in [6.45, 7) is 22.3. The van der Waals surface area contributed by atoms with Gasteiger partial charge in [0.25, 0.3) is 0 Å². The van der Waals surface area contributed by atoms with E-state index < -0.39 is 0 Å². The molecule has 0 radical (unpaired) electrons. The van der Waals surface area contributed by atoms with Crippen molar-refractivity contribution in [1.82, 2.24) is 0 Å². The van der Waals surface area contributed by atoms with Crippen molar-refractivity contribution in [3.05, 3.63) is 0 Å². The van der Waals surface area contributed by atoms with Gasteiger partial charge in [-0.3, -0.25) is 4.79 Å². The molecule has 0 aromatic heterocycles. The average molecular weight is 283 g/mol. The quantitative estimate of drug-likeness (QED) is 0.550. The fourth-order valence-corrected chi connectivity index (χ4v) is 3.00. The van der Waals surface area contributed by atoms with Crippen LogP contribution in [0.3, 0.4) is 0 Å². The highest BCUT2D eigenvalue weighted by atomic mass is 16.1. The molecule has 2 atom stereocenters. The third kappa shape index (κ3) is 4.33. The Labute approximate surface area is 127 Å². The van der Waals surface area contributed by atoms with E-state index in [9.17, 15) is 4.79 Å². The summed E-state index contributed by atoms with van der Waals surface area (Å²) in [6.07, 6.45) is 2.75. The molecule has 0 aromatic rings. The molecule has 0 aliphatic heterocycles. The number of rotatable bonds is 7. The summed E-state index contributed by atoms with van der Waals surface area (Å²) in [4.78, 5) is 13.1. The first-order chi connectivity index (χ1) is 8.80. The van der Waals surface area contributed by atoms with E-state index in [0.717, 1.165) is 12.8 Å². The van der Waals surface area contributed by atoms with Crippen LogP contribution in [0.4, 0.5) is 0 Å². The lowest BCUT2D eigenvalue weighted by Crippen LogP contribution is -2.41. The highest BCUT2D eigenvalue weighted by Crippen LogP contribution is 2.47. The number of Topliss-reactive ketones (excluding diaryl/α,β-unsaturated/α-hetero) is 1. The Kier molecular flexibility index (Phi) is 6.51. The van der Waals surface area contributed by atoms with E-state index in [-0.39, 0.29) is 16.2 Å². The average Bonchev–Trinajstić information content (AvgIpc) is 2.25. The minimum Gasteiger partial charge on any atom is -0.299 e. The predicted octanol–water partition coefficient (Wildman–Crippen LogP) is 6.12. The first-order valence-corrected chi connectivity index (χ1v) is 8.33. The van der Waals surface area contributed by atoms with Gasteiger partial charge in [0.05, 0.1) is 0 Å². The van der Waals surface area contributed by atoms with Crippen LogP contribution in [0.2, 0.25) is 0 Å².